The van der Waals surface area contributed by atoms with Crippen LogP contribution in [0.3, 0.4) is 0 Å². The summed E-state index contributed by atoms with van der Waals surface area (Å²) < 4.78 is 0.239. The van der Waals surface area contributed by atoms with E-state index in [4.69, 9.17) is 0 Å². The van der Waals surface area contributed by atoms with Crippen molar-refractivity contribution in [1.29, 1.82) is 0 Å². The molecule has 1 amide bonds. The summed E-state index contributed by atoms with van der Waals surface area (Å²) in [6.45, 7) is 7.65. The molecule has 0 spiro atoms. The van der Waals surface area contributed by atoms with Crippen molar-refractivity contribution in [2.75, 3.05) is 32.4 Å². The van der Waals surface area contributed by atoms with Gasteiger partial charge in [0.25, 0.3) is 0 Å². The Labute approximate surface area is 149 Å². The molecule has 0 atom stereocenters. The van der Waals surface area contributed by atoms with Gasteiger partial charge < -0.3 is 15.5 Å². The summed E-state index contributed by atoms with van der Waals surface area (Å²) in [4.78, 5) is 18.6. The third-order valence-electron chi connectivity index (χ3n) is 3.90. The van der Waals surface area contributed by atoms with Crippen molar-refractivity contribution in [2.45, 2.75) is 31.6 Å². The Morgan fingerprint density at radius 1 is 1.29 bits per heavy atom. The molecule has 24 heavy (non-hydrogen) atoms. The van der Waals surface area contributed by atoms with E-state index in [1.165, 1.54) is 0 Å². The number of carbonyl (C=O) groups is 1. The van der Waals surface area contributed by atoms with E-state index in [1.54, 1.807) is 7.05 Å². The molecular formula is C18H28N4OS. The molecule has 132 valence electrons. The van der Waals surface area contributed by atoms with Gasteiger partial charge >= 0.3 is 0 Å². The number of thioether (sulfide) groups is 1. The van der Waals surface area contributed by atoms with Crippen LogP contribution < -0.4 is 10.6 Å². The third-order valence-corrected chi connectivity index (χ3v) is 5.20. The highest BCUT2D eigenvalue weighted by atomic mass is 32.2. The Hall–Kier alpha value is -1.69. The largest absolute Gasteiger partial charge is 0.356 e. The van der Waals surface area contributed by atoms with Crippen molar-refractivity contribution in [3.05, 3.63) is 35.9 Å². The Morgan fingerprint density at radius 3 is 2.71 bits per heavy atom. The molecule has 1 heterocycles. The number of nitrogens with one attached hydrogen (secondary N) is 2. The number of carbonyl (C=O) groups excluding carboxylic acids is 1. The molecule has 0 aromatic heterocycles. The number of aliphatic imine (C=N–C) groups is 1. The van der Waals surface area contributed by atoms with Gasteiger partial charge in [-0.15, -0.1) is 0 Å². The quantitative estimate of drug-likeness (QED) is 0.632. The van der Waals surface area contributed by atoms with Gasteiger partial charge in [0.1, 0.15) is 0 Å². The molecule has 1 fully saturated rings. The van der Waals surface area contributed by atoms with Gasteiger partial charge in [-0.1, -0.05) is 30.3 Å². The second-order valence-corrected chi connectivity index (χ2v) is 8.32. The Kier molecular flexibility index (Phi) is 6.97. The van der Waals surface area contributed by atoms with E-state index in [9.17, 15) is 4.79 Å². The summed E-state index contributed by atoms with van der Waals surface area (Å²) >= 11 is 2.00. The average Bonchev–Trinajstić information content (AvgIpc) is 2.57. The van der Waals surface area contributed by atoms with Crippen LogP contribution in [0.15, 0.2) is 35.3 Å². The van der Waals surface area contributed by atoms with Gasteiger partial charge in [0, 0.05) is 50.1 Å². The summed E-state index contributed by atoms with van der Waals surface area (Å²) in [6.07, 6.45) is 0.442. The average molecular weight is 349 g/mol. The smallest absolute Gasteiger partial charge is 0.222 e. The molecule has 0 unspecified atom stereocenters. The highest BCUT2D eigenvalue weighted by Crippen LogP contribution is 2.29. The molecule has 0 aliphatic carbocycles. The molecule has 1 aliphatic rings. The molecule has 2 rings (SSSR count). The van der Waals surface area contributed by atoms with E-state index in [2.05, 4.69) is 34.4 Å². The first-order valence-electron chi connectivity index (χ1n) is 8.40. The van der Waals surface area contributed by atoms with Gasteiger partial charge in [-0.25, -0.2) is 0 Å². The summed E-state index contributed by atoms with van der Waals surface area (Å²) in [5.74, 6) is 2.04. The second kappa shape index (κ2) is 8.97. The minimum atomic E-state index is 0.0522. The maximum Gasteiger partial charge on any atom is 0.222 e. The topological polar surface area (TPSA) is 56.7 Å². The molecule has 6 heteroatoms. The van der Waals surface area contributed by atoms with Crippen LogP contribution in [0.1, 0.15) is 25.8 Å². The SMILES string of the molecule is CN=C(NCCC(=O)NCc1ccccc1)N1CCSC(C)(C)C1. The molecule has 0 saturated carbocycles. The van der Waals surface area contributed by atoms with E-state index in [0.29, 0.717) is 19.5 Å². The summed E-state index contributed by atoms with van der Waals surface area (Å²) in [6, 6.07) is 9.95. The van der Waals surface area contributed by atoms with Crippen LogP contribution in [0.5, 0.6) is 0 Å². The number of rotatable bonds is 5. The molecule has 2 N–H and O–H groups in total. The zero-order valence-corrected chi connectivity index (χ0v) is 15.7. The van der Waals surface area contributed by atoms with Crippen LogP contribution >= 0.6 is 11.8 Å². The van der Waals surface area contributed by atoms with Crippen molar-refractivity contribution < 1.29 is 4.79 Å². The van der Waals surface area contributed by atoms with Gasteiger partial charge in [-0.2, -0.15) is 11.8 Å². The molecule has 1 aliphatic heterocycles. The van der Waals surface area contributed by atoms with Crippen molar-refractivity contribution in [1.82, 2.24) is 15.5 Å². The van der Waals surface area contributed by atoms with E-state index in [-0.39, 0.29) is 10.7 Å². The van der Waals surface area contributed by atoms with Gasteiger partial charge in [0.15, 0.2) is 5.96 Å². The first-order chi connectivity index (χ1) is 11.5. The molecule has 1 aromatic rings. The van der Waals surface area contributed by atoms with Gasteiger partial charge in [0.2, 0.25) is 5.91 Å². The number of hydrogen-bond donors (Lipinski definition) is 2. The van der Waals surface area contributed by atoms with Crippen molar-refractivity contribution in [3.8, 4) is 0 Å². The predicted molar refractivity (Wildman–Crippen MR) is 102 cm³/mol. The number of guanidine groups is 1. The van der Waals surface area contributed by atoms with Gasteiger partial charge in [-0.3, -0.25) is 9.79 Å². The maximum atomic E-state index is 12.0. The van der Waals surface area contributed by atoms with Crippen LogP contribution in [0.25, 0.3) is 0 Å². The fourth-order valence-electron chi connectivity index (χ4n) is 2.70. The van der Waals surface area contributed by atoms with Crippen molar-refractivity contribution in [3.63, 3.8) is 0 Å². The Bertz CT molecular complexity index is 559. The molecule has 0 radical (unpaired) electrons. The van der Waals surface area contributed by atoms with E-state index >= 15 is 0 Å². The van der Waals surface area contributed by atoms with Crippen molar-refractivity contribution >= 4 is 23.6 Å². The zero-order chi connectivity index (χ0) is 17.4. The predicted octanol–water partition coefficient (Wildman–Crippen LogP) is 2.10. The van der Waals surface area contributed by atoms with E-state index in [1.807, 2.05) is 42.1 Å². The summed E-state index contributed by atoms with van der Waals surface area (Å²) in [7, 11) is 1.80. The van der Waals surface area contributed by atoms with Crippen LogP contribution in [-0.2, 0) is 11.3 Å². The molecule has 0 bridgehead atoms. The van der Waals surface area contributed by atoms with Crippen LogP contribution in [0.2, 0.25) is 0 Å². The standard InChI is InChI=1S/C18H28N4OS/c1-18(2)14-22(11-12-24-18)17(19-3)20-10-9-16(23)21-13-15-7-5-4-6-8-15/h4-8H,9-14H2,1-3H3,(H,19,20)(H,21,23). The zero-order valence-electron chi connectivity index (χ0n) is 14.8. The lowest BCUT2D eigenvalue weighted by Crippen LogP contribution is -2.51. The Morgan fingerprint density at radius 2 is 2.04 bits per heavy atom. The van der Waals surface area contributed by atoms with Gasteiger partial charge in [0.05, 0.1) is 0 Å². The minimum Gasteiger partial charge on any atom is -0.356 e. The lowest BCUT2D eigenvalue weighted by atomic mass is 10.2. The number of amides is 1. The van der Waals surface area contributed by atoms with Crippen LogP contribution in [0, 0.1) is 0 Å². The first-order valence-corrected chi connectivity index (χ1v) is 9.39. The summed E-state index contributed by atoms with van der Waals surface area (Å²) in [5, 5.41) is 6.26. The highest BCUT2D eigenvalue weighted by Gasteiger charge is 2.28. The normalized spacial score (nSPS) is 17.5. The molecule has 5 nitrogen and oxygen atoms in total. The fourth-order valence-corrected chi connectivity index (χ4v) is 3.81. The fraction of sp³-hybridized carbons (Fsp3) is 0.556. The molecular weight excluding hydrogens is 320 g/mol. The van der Waals surface area contributed by atoms with Crippen LogP contribution in [-0.4, -0.2) is 53.9 Å². The van der Waals surface area contributed by atoms with Gasteiger partial charge in [-0.05, 0) is 19.4 Å². The molecule has 1 saturated heterocycles. The monoisotopic (exact) mass is 348 g/mol. The number of benzene rings is 1. The number of hydrogen-bond acceptors (Lipinski definition) is 3. The van der Waals surface area contributed by atoms with Crippen molar-refractivity contribution in [2.24, 2.45) is 4.99 Å². The van der Waals surface area contributed by atoms with Crippen LogP contribution in [0.4, 0.5) is 0 Å². The lowest BCUT2D eigenvalue weighted by molar-refractivity contribution is -0.121. The Balaban J connectivity index is 1.71. The highest BCUT2D eigenvalue weighted by molar-refractivity contribution is 8.00. The second-order valence-electron chi connectivity index (χ2n) is 6.52. The van der Waals surface area contributed by atoms with E-state index < -0.39 is 0 Å². The number of nitrogens with zero attached hydrogens (tertiary/aromatic N) is 2. The minimum absolute atomic E-state index is 0.0522. The third kappa shape index (κ3) is 6.07. The maximum absolute atomic E-state index is 12.0. The summed E-state index contributed by atoms with van der Waals surface area (Å²) in [5.41, 5.74) is 1.11. The first kappa shape index (κ1) is 18.6. The lowest BCUT2D eigenvalue weighted by Gasteiger charge is -2.39. The molecule has 1 aromatic carbocycles. The van der Waals surface area contributed by atoms with E-state index in [0.717, 1.165) is 30.4 Å².